The van der Waals surface area contributed by atoms with Crippen LogP contribution in [-0.2, 0) is 26.3 Å². The van der Waals surface area contributed by atoms with Gasteiger partial charge in [-0.1, -0.05) is 48.5 Å². The van der Waals surface area contributed by atoms with E-state index in [1.165, 1.54) is 0 Å². The number of amides is 1. The number of fused-ring (bicyclic) bond motifs is 2. The maximum atomic E-state index is 14.4. The lowest BCUT2D eigenvalue weighted by Gasteiger charge is -2.30. The normalized spacial score (nSPS) is 21.8. The molecule has 37 heavy (non-hydrogen) atoms. The van der Waals surface area contributed by atoms with Gasteiger partial charge in [-0.25, -0.2) is 0 Å². The zero-order valence-electron chi connectivity index (χ0n) is 20.2. The zero-order valence-corrected chi connectivity index (χ0v) is 20.2. The van der Waals surface area contributed by atoms with Crippen molar-refractivity contribution < 1.29 is 33.6 Å². The van der Waals surface area contributed by atoms with Crippen LogP contribution in [0.15, 0.2) is 66.7 Å². The molecule has 0 bridgehead atoms. The minimum atomic E-state index is -1.51. The van der Waals surface area contributed by atoms with Crippen LogP contribution in [0.3, 0.4) is 0 Å². The molecule has 1 saturated heterocycles. The second-order valence-corrected chi connectivity index (χ2v) is 9.52. The Kier molecular flexibility index (Phi) is 5.96. The summed E-state index contributed by atoms with van der Waals surface area (Å²) in [5, 5.41) is 10.1. The number of carbonyl (C=O) groups excluding carboxylic acids is 1. The molecular formula is C29H27NO7. The largest absolute Gasteiger partial charge is 0.488 e. The molecule has 8 nitrogen and oxygen atoms in total. The van der Waals surface area contributed by atoms with Gasteiger partial charge >= 0.3 is 5.97 Å². The van der Waals surface area contributed by atoms with E-state index in [-0.39, 0.29) is 25.4 Å². The topological polar surface area (TPSA) is 94.5 Å². The van der Waals surface area contributed by atoms with Crippen LogP contribution in [-0.4, -0.2) is 43.0 Å². The second-order valence-electron chi connectivity index (χ2n) is 9.52. The van der Waals surface area contributed by atoms with Gasteiger partial charge in [0.25, 0.3) is 0 Å². The molecule has 2 unspecified atom stereocenters. The molecule has 3 aromatic carbocycles. The molecule has 8 heteroatoms. The summed E-state index contributed by atoms with van der Waals surface area (Å²) in [4.78, 5) is 28.5. The molecule has 0 radical (unpaired) electrons. The number of nitrogens with zero attached hydrogens (tertiary/aromatic N) is 1. The van der Waals surface area contributed by atoms with Crippen LogP contribution in [0.2, 0.25) is 0 Å². The lowest BCUT2D eigenvalue weighted by Crippen LogP contribution is -2.45. The van der Waals surface area contributed by atoms with Gasteiger partial charge in [0.1, 0.15) is 17.8 Å². The molecule has 3 heterocycles. The van der Waals surface area contributed by atoms with Crippen molar-refractivity contribution in [3.8, 4) is 17.2 Å². The van der Waals surface area contributed by atoms with Gasteiger partial charge < -0.3 is 29.0 Å². The lowest BCUT2D eigenvalue weighted by molar-refractivity contribution is -0.140. The fraction of sp³-hybridized carbons (Fsp3) is 0.310. The van der Waals surface area contributed by atoms with Crippen molar-refractivity contribution in [1.82, 2.24) is 0 Å². The summed E-state index contributed by atoms with van der Waals surface area (Å²) in [5.74, 6) is -0.0674. The van der Waals surface area contributed by atoms with E-state index in [0.29, 0.717) is 47.2 Å². The number of aliphatic carboxylic acids is 1. The number of carbonyl (C=O) groups is 2. The first-order valence-corrected chi connectivity index (χ1v) is 12.4. The van der Waals surface area contributed by atoms with E-state index in [1.54, 1.807) is 17.0 Å². The van der Waals surface area contributed by atoms with Crippen LogP contribution in [0, 0.1) is 0 Å². The third-order valence-electron chi connectivity index (χ3n) is 7.26. The van der Waals surface area contributed by atoms with Crippen LogP contribution in [0.25, 0.3) is 0 Å². The third-order valence-corrected chi connectivity index (χ3v) is 7.26. The van der Waals surface area contributed by atoms with E-state index in [4.69, 9.17) is 18.9 Å². The number of benzene rings is 3. The van der Waals surface area contributed by atoms with E-state index < -0.39 is 17.8 Å². The van der Waals surface area contributed by atoms with Crippen LogP contribution in [0.1, 0.15) is 36.0 Å². The minimum absolute atomic E-state index is 0.0402. The fourth-order valence-corrected chi connectivity index (χ4v) is 5.56. The number of rotatable bonds is 8. The molecule has 1 fully saturated rings. The molecule has 3 aromatic rings. The minimum Gasteiger partial charge on any atom is -0.488 e. The molecule has 0 aromatic heterocycles. The summed E-state index contributed by atoms with van der Waals surface area (Å²) in [5.41, 5.74) is 1.20. The fourth-order valence-electron chi connectivity index (χ4n) is 5.56. The van der Waals surface area contributed by atoms with Crippen molar-refractivity contribution in [1.29, 1.82) is 0 Å². The van der Waals surface area contributed by atoms with Gasteiger partial charge in [-0.05, 0) is 36.1 Å². The summed E-state index contributed by atoms with van der Waals surface area (Å²) >= 11 is 0. The number of ether oxygens (including phenoxy) is 4. The van der Waals surface area contributed by atoms with E-state index in [0.717, 1.165) is 18.4 Å². The Morgan fingerprint density at radius 2 is 1.78 bits per heavy atom. The molecule has 0 spiro atoms. The summed E-state index contributed by atoms with van der Waals surface area (Å²) in [6.07, 6.45) is 1.26. The lowest BCUT2D eigenvalue weighted by atomic mass is 9.72. The average molecular weight is 502 g/mol. The first-order valence-electron chi connectivity index (χ1n) is 12.4. The number of para-hydroxylation sites is 1. The van der Waals surface area contributed by atoms with Gasteiger partial charge in [0, 0.05) is 23.9 Å². The number of carboxylic acids is 1. The van der Waals surface area contributed by atoms with Crippen molar-refractivity contribution in [2.75, 3.05) is 24.8 Å². The molecule has 0 aliphatic carbocycles. The van der Waals surface area contributed by atoms with Crippen molar-refractivity contribution >= 4 is 17.6 Å². The summed E-state index contributed by atoms with van der Waals surface area (Å²) in [6, 6.07) is 20.4. The number of hydrogen-bond donors (Lipinski definition) is 1. The van der Waals surface area contributed by atoms with E-state index in [2.05, 4.69) is 0 Å². The monoisotopic (exact) mass is 501 g/mol. The highest BCUT2D eigenvalue weighted by Crippen LogP contribution is 2.53. The Bertz CT molecular complexity index is 1340. The molecule has 3 aliphatic rings. The van der Waals surface area contributed by atoms with Gasteiger partial charge in [0.15, 0.2) is 11.5 Å². The van der Waals surface area contributed by atoms with Crippen LogP contribution in [0.5, 0.6) is 17.2 Å². The van der Waals surface area contributed by atoms with Crippen molar-refractivity contribution in [2.24, 2.45) is 0 Å². The van der Waals surface area contributed by atoms with Gasteiger partial charge in [0.05, 0.1) is 19.1 Å². The molecule has 3 aliphatic heterocycles. The zero-order chi connectivity index (χ0) is 25.4. The number of hydrogen-bond acceptors (Lipinski definition) is 6. The van der Waals surface area contributed by atoms with E-state index in [1.807, 2.05) is 54.6 Å². The second kappa shape index (κ2) is 9.44. The predicted octanol–water partition coefficient (Wildman–Crippen LogP) is 4.28. The SMILES string of the molecule is O=C(O)CC1(c2cc3c(cc2OCc2ccccc2)OCO3)C(=O)N(CC2CCCO2)c2ccccc21. The molecule has 190 valence electrons. The number of carboxylic acid groups (broad SMARTS) is 1. The molecule has 1 N–H and O–H groups in total. The molecule has 6 rings (SSSR count). The average Bonchev–Trinajstić information content (AvgIpc) is 3.64. The van der Waals surface area contributed by atoms with Crippen molar-refractivity contribution in [3.63, 3.8) is 0 Å². The van der Waals surface area contributed by atoms with Gasteiger partial charge in [-0.15, -0.1) is 0 Å². The first kappa shape index (κ1) is 23.4. The van der Waals surface area contributed by atoms with E-state index >= 15 is 0 Å². The first-order chi connectivity index (χ1) is 18.1. The Morgan fingerprint density at radius 3 is 2.54 bits per heavy atom. The van der Waals surface area contributed by atoms with Gasteiger partial charge in [0.2, 0.25) is 12.7 Å². The molecule has 1 amide bonds. The Morgan fingerprint density at radius 1 is 1.03 bits per heavy atom. The number of anilines is 1. The Hall–Kier alpha value is -4.04. The standard InChI is InChI=1S/C29H27NO7/c31-27(32)15-29(21-10-4-5-11-23(21)30(28(29)33)16-20-9-6-12-34-20)22-13-25-26(37-18-36-25)14-24(22)35-17-19-7-2-1-3-8-19/h1-5,7-8,10-11,13-14,20H,6,9,12,15-18H2,(H,31,32). The van der Waals surface area contributed by atoms with Crippen LogP contribution < -0.4 is 19.1 Å². The molecule has 2 atom stereocenters. The Labute approximate surface area is 214 Å². The molecular weight excluding hydrogens is 474 g/mol. The smallest absolute Gasteiger partial charge is 0.305 e. The quantitative estimate of drug-likeness (QED) is 0.492. The van der Waals surface area contributed by atoms with Crippen LogP contribution >= 0.6 is 0 Å². The third kappa shape index (κ3) is 4.07. The maximum Gasteiger partial charge on any atom is 0.305 e. The summed E-state index contributed by atoms with van der Waals surface area (Å²) < 4.78 is 23.4. The maximum absolute atomic E-state index is 14.4. The predicted molar refractivity (Wildman–Crippen MR) is 134 cm³/mol. The highest BCUT2D eigenvalue weighted by atomic mass is 16.7. The van der Waals surface area contributed by atoms with Gasteiger partial charge in [-0.2, -0.15) is 0 Å². The Balaban J connectivity index is 1.50. The molecule has 0 saturated carbocycles. The highest BCUT2D eigenvalue weighted by Gasteiger charge is 2.55. The van der Waals surface area contributed by atoms with Gasteiger partial charge in [-0.3, -0.25) is 9.59 Å². The summed E-state index contributed by atoms with van der Waals surface area (Å²) in [7, 11) is 0. The van der Waals surface area contributed by atoms with E-state index in [9.17, 15) is 14.7 Å². The van der Waals surface area contributed by atoms with Crippen molar-refractivity contribution in [3.05, 3.63) is 83.4 Å². The van der Waals surface area contributed by atoms with Crippen LogP contribution in [0.4, 0.5) is 5.69 Å². The highest BCUT2D eigenvalue weighted by molar-refractivity contribution is 6.12. The summed E-state index contributed by atoms with van der Waals surface area (Å²) in [6.45, 7) is 1.31. The van der Waals surface area contributed by atoms with Crippen molar-refractivity contribution in [2.45, 2.75) is 37.4 Å².